The largest absolute Gasteiger partial charge is 0.345 e. The van der Waals surface area contributed by atoms with E-state index in [-0.39, 0.29) is 11.8 Å². The van der Waals surface area contributed by atoms with E-state index in [0.29, 0.717) is 22.3 Å². The highest BCUT2D eigenvalue weighted by Gasteiger charge is 2.13. The highest BCUT2D eigenvalue weighted by Crippen LogP contribution is 2.24. The second-order valence-electron chi connectivity index (χ2n) is 5.77. The molecule has 0 radical (unpaired) electrons. The summed E-state index contributed by atoms with van der Waals surface area (Å²) in [5, 5.41) is 3.79. The number of anilines is 1. The lowest BCUT2D eigenvalue weighted by Gasteiger charge is -2.12. The molecule has 2 aromatic carbocycles. The van der Waals surface area contributed by atoms with Crippen LogP contribution in [0, 0.1) is 0 Å². The smallest absolute Gasteiger partial charge is 0.255 e. The van der Waals surface area contributed by atoms with E-state index in [1.54, 1.807) is 50.6 Å². The Morgan fingerprint density at radius 1 is 1.04 bits per heavy atom. The minimum Gasteiger partial charge on any atom is -0.345 e. The summed E-state index contributed by atoms with van der Waals surface area (Å²) in [6.45, 7) is 0. The van der Waals surface area contributed by atoms with Crippen molar-refractivity contribution in [2.75, 3.05) is 19.4 Å². The summed E-state index contributed by atoms with van der Waals surface area (Å²) in [7, 11) is 3.35. The van der Waals surface area contributed by atoms with E-state index in [4.69, 9.17) is 0 Å². The quantitative estimate of drug-likeness (QED) is 0.727. The van der Waals surface area contributed by atoms with Crippen molar-refractivity contribution in [2.24, 2.45) is 0 Å². The van der Waals surface area contributed by atoms with Gasteiger partial charge < -0.3 is 10.2 Å². The predicted molar refractivity (Wildman–Crippen MR) is 102 cm³/mol. The predicted octanol–water partition coefficient (Wildman–Crippen LogP) is 3.95. The van der Waals surface area contributed by atoms with E-state index < -0.39 is 0 Å². The van der Waals surface area contributed by atoms with Crippen molar-refractivity contribution in [1.82, 2.24) is 9.88 Å². The van der Waals surface area contributed by atoms with Crippen molar-refractivity contribution in [2.45, 2.75) is 0 Å². The standard InChI is InChI=1S/C19H16BrN3O2/c1-23(2)19(25)14-7-3-6-13(9-14)18(24)22-16-8-4-5-12-10-15(20)11-21-17(12)16/h3-11H,1-2H3,(H,22,24). The molecule has 1 heterocycles. The molecule has 0 aliphatic rings. The van der Waals surface area contributed by atoms with Crippen LogP contribution >= 0.6 is 15.9 Å². The van der Waals surface area contributed by atoms with Crippen molar-refractivity contribution >= 4 is 44.3 Å². The highest BCUT2D eigenvalue weighted by atomic mass is 79.9. The zero-order valence-electron chi connectivity index (χ0n) is 13.8. The molecule has 0 bridgehead atoms. The van der Waals surface area contributed by atoms with Gasteiger partial charge in [-0.3, -0.25) is 14.6 Å². The summed E-state index contributed by atoms with van der Waals surface area (Å²) in [5.74, 6) is -0.433. The fourth-order valence-corrected chi connectivity index (χ4v) is 2.83. The van der Waals surface area contributed by atoms with Crippen LogP contribution in [0.15, 0.2) is 59.2 Å². The van der Waals surface area contributed by atoms with Crippen molar-refractivity contribution in [3.8, 4) is 0 Å². The van der Waals surface area contributed by atoms with E-state index in [9.17, 15) is 9.59 Å². The molecular formula is C19H16BrN3O2. The Morgan fingerprint density at radius 3 is 2.52 bits per heavy atom. The average molecular weight is 398 g/mol. The molecule has 5 nitrogen and oxygen atoms in total. The number of aromatic nitrogens is 1. The molecule has 2 amide bonds. The number of para-hydroxylation sites is 1. The van der Waals surface area contributed by atoms with Gasteiger partial charge in [-0.1, -0.05) is 18.2 Å². The van der Waals surface area contributed by atoms with Gasteiger partial charge in [0.15, 0.2) is 0 Å². The van der Waals surface area contributed by atoms with E-state index in [1.807, 2.05) is 18.2 Å². The topological polar surface area (TPSA) is 62.3 Å². The van der Waals surface area contributed by atoms with Crippen molar-refractivity contribution in [3.63, 3.8) is 0 Å². The number of hydrogen-bond acceptors (Lipinski definition) is 3. The van der Waals surface area contributed by atoms with Crippen LogP contribution in [0.25, 0.3) is 10.9 Å². The molecule has 0 spiro atoms. The maximum Gasteiger partial charge on any atom is 0.255 e. The first-order valence-corrected chi connectivity index (χ1v) is 8.42. The van der Waals surface area contributed by atoms with Gasteiger partial charge in [-0.15, -0.1) is 0 Å². The van der Waals surface area contributed by atoms with Gasteiger partial charge in [0.2, 0.25) is 0 Å². The van der Waals surface area contributed by atoms with Gasteiger partial charge in [0, 0.05) is 41.3 Å². The third-order valence-electron chi connectivity index (χ3n) is 3.70. The van der Waals surface area contributed by atoms with Gasteiger partial charge in [-0.05, 0) is 46.3 Å². The lowest BCUT2D eigenvalue weighted by atomic mass is 10.1. The van der Waals surface area contributed by atoms with Crippen LogP contribution in [0.4, 0.5) is 5.69 Å². The first-order valence-electron chi connectivity index (χ1n) is 7.63. The molecule has 0 atom stereocenters. The van der Waals surface area contributed by atoms with Crippen LogP contribution in [-0.2, 0) is 0 Å². The number of benzene rings is 2. The third-order valence-corrected chi connectivity index (χ3v) is 4.14. The van der Waals surface area contributed by atoms with Crippen LogP contribution in [0.5, 0.6) is 0 Å². The summed E-state index contributed by atoms with van der Waals surface area (Å²) in [4.78, 5) is 30.5. The monoisotopic (exact) mass is 397 g/mol. The Hall–Kier alpha value is -2.73. The molecule has 1 aromatic heterocycles. The fraction of sp³-hybridized carbons (Fsp3) is 0.105. The summed E-state index contributed by atoms with van der Waals surface area (Å²) in [6.07, 6.45) is 1.69. The number of carbonyl (C=O) groups is 2. The number of nitrogens with zero attached hydrogens (tertiary/aromatic N) is 2. The molecule has 3 rings (SSSR count). The minimum absolute atomic E-state index is 0.147. The Kier molecular flexibility index (Phi) is 4.81. The van der Waals surface area contributed by atoms with Gasteiger partial charge in [-0.2, -0.15) is 0 Å². The Labute approximate surface area is 153 Å². The molecule has 0 unspecified atom stereocenters. The molecule has 0 saturated heterocycles. The number of pyridine rings is 1. The van der Waals surface area contributed by atoms with Gasteiger partial charge in [0.05, 0.1) is 11.2 Å². The maximum atomic E-state index is 12.6. The number of rotatable bonds is 3. The molecule has 3 aromatic rings. The number of hydrogen-bond donors (Lipinski definition) is 1. The Balaban J connectivity index is 1.91. The molecule has 6 heteroatoms. The SMILES string of the molecule is CN(C)C(=O)c1cccc(C(=O)Nc2cccc3cc(Br)cnc23)c1. The highest BCUT2D eigenvalue weighted by molar-refractivity contribution is 9.10. The number of fused-ring (bicyclic) bond motifs is 1. The molecule has 0 aliphatic heterocycles. The maximum absolute atomic E-state index is 12.6. The molecule has 0 saturated carbocycles. The second-order valence-corrected chi connectivity index (χ2v) is 6.68. The molecule has 1 N–H and O–H groups in total. The minimum atomic E-state index is -0.286. The van der Waals surface area contributed by atoms with Crippen molar-refractivity contribution < 1.29 is 9.59 Å². The van der Waals surface area contributed by atoms with Crippen molar-refractivity contribution in [1.29, 1.82) is 0 Å². The van der Waals surface area contributed by atoms with E-state index in [2.05, 4.69) is 26.2 Å². The average Bonchev–Trinajstić information content (AvgIpc) is 2.61. The normalized spacial score (nSPS) is 10.5. The number of amides is 2. The Bertz CT molecular complexity index is 970. The number of halogens is 1. The molecular weight excluding hydrogens is 382 g/mol. The lowest BCUT2D eigenvalue weighted by molar-refractivity contribution is 0.0827. The summed E-state index contributed by atoms with van der Waals surface area (Å²) >= 11 is 3.39. The van der Waals surface area contributed by atoms with E-state index in [0.717, 1.165) is 9.86 Å². The summed E-state index contributed by atoms with van der Waals surface area (Å²) in [5.41, 5.74) is 2.22. The Morgan fingerprint density at radius 2 is 1.76 bits per heavy atom. The molecule has 0 fully saturated rings. The molecule has 0 aliphatic carbocycles. The third kappa shape index (κ3) is 3.69. The zero-order valence-corrected chi connectivity index (χ0v) is 15.4. The summed E-state index contributed by atoms with van der Waals surface area (Å²) in [6, 6.07) is 14.2. The van der Waals surface area contributed by atoms with Gasteiger partial charge in [0.25, 0.3) is 11.8 Å². The van der Waals surface area contributed by atoms with Gasteiger partial charge in [-0.25, -0.2) is 0 Å². The van der Waals surface area contributed by atoms with E-state index in [1.165, 1.54) is 4.90 Å². The van der Waals surface area contributed by atoms with Crippen LogP contribution < -0.4 is 5.32 Å². The lowest BCUT2D eigenvalue weighted by Crippen LogP contribution is -2.22. The molecule has 25 heavy (non-hydrogen) atoms. The van der Waals surface area contributed by atoms with Crippen molar-refractivity contribution in [3.05, 3.63) is 70.3 Å². The van der Waals surface area contributed by atoms with Gasteiger partial charge in [0.1, 0.15) is 0 Å². The van der Waals surface area contributed by atoms with Crippen LogP contribution in [0.2, 0.25) is 0 Å². The second kappa shape index (κ2) is 7.03. The number of carbonyl (C=O) groups excluding carboxylic acids is 2. The van der Waals surface area contributed by atoms with Crippen LogP contribution in [-0.4, -0.2) is 35.8 Å². The number of nitrogens with one attached hydrogen (secondary N) is 1. The summed E-state index contributed by atoms with van der Waals surface area (Å²) < 4.78 is 0.873. The first-order chi connectivity index (χ1) is 12.0. The van der Waals surface area contributed by atoms with Crippen LogP contribution in [0.1, 0.15) is 20.7 Å². The molecule has 126 valence electrons. The van der Waals surface area contributed by atoms with Gasteiger partial charge >= 0.3 is 0 Å². The first kappa shape index (κ1) is 17.1. The van der Waals surface area contributed by atoms with E-state index >= 15 is 0 Å². The van der Waals surface area contributed by atoms with Crippen LogP contribution in [0.3, 0.4) is 0 Å². The fourth-order valence-electron chi connectivity index (χ4n) is 2.48. The zero-order chi connectivity index (χ0) is 18.0.